The molecule has 92 valence electrons. The number of ether oxygens (including phenoxy) is 1. The summed E-state index contributed by atoms with van der Waals surface area (Å²) in [6.45, 7) is 7.85. The van der Waals surface area contributed by atoms with Crippen molar-refractivity contribution in [2.24, 2.45) is 0 Å². The Labute approximate surface area is 102 Å². The Morgan fingerprint density at radius 1 is 1.50 bits per heavy atom. The number of carbonyl (C=O) groups is 2. The third-order valence-corrected chi connectivity index (χ3v) is 2.90. The lowest BCUT2D eigenvalue weighted by Gasteiger charge is -2.34. The monoisotopic (exact) mass is 245 g/mol. The Hall–Kier alpha value is -0.550. The molecular weight excluding hydrogens is 226 g/mol. The third kappa shape index (κ3) is 2.77. The Kier molecular flexibility index (Phi) is 4.02. The minimum absolute atomic E-state index is 0.0823. The van der Waals surface area contributed by atoms with Crippen molar-refractivity contribution in [3.05, 3.63) is 0 Å². The summed E-state index contributed by atoms with van der Waals surface area (Å²) in [6.07, 6.45) is 0.270. The molecule has 1 heterocycles. The topological polar surface area (TPSA) is 46.6 Å². The number of thiol groups is 1. The first kappa shape index (κ1) is 13.5. The maximum atomic E-state index is 11.8. The zero-order valence-electron chi connectivity index (χ0n) is 10.2. The van der Waals surface area contributed by atoms with Crippen LogP contribution >= 0.6 is 12.6 Å². The van der Waals surface area contributed by atoms with Crippen LogP contribution in [0.3, 0.4) is 0 Å². The second kappa shape index (κ2) is 4.75. The SMILES string of the molecule is CC(C)OCC(C)(C)N1C(=O)CC(S)C1=O. The van der Waals surface area contributed by atoms with Crippen LogP contribution in [-0.2, 0) is 14.3 Å². The van der Waals surface area contributed by atoms with Gasteiger partial charge in [0.1, 0.15) is 0 Å². The lowest BCUT2D eigenvalue weighted by atomic mass is 10.0. The lowest BCUT2D eigenvalue weighted by molar-refractivity contribution is -0.147. The fraction of sp³-hybridized carbons (Fsp3) is 0.818. The van der Waals surface area contributed by atoms with Gasteiger partial charge in [0.2, 0.25) is 11.8 Å². The molecule has 4 nitrogen and oxygen atoms in total. The lowest BCUT2D eigenvalue weighted by Crippen LogP contribution is -2.51. The number of hydrogen-bond donors (Lipinski definition) is 1. The van der Waals surface area contributed by atoms with E-state index in [1.807, 2.05) is 27.7 Å². The van der Waals surface area contributed by atoms with Crippen molar-refractivity contribution in [2.75, 3.05) is 6.61 Å². The van der Waals surface area contributed by atoms with Crippen LogP contribution in [0.2, 0.25) is 0 Å². The fourth-order valence-electron chi connectivity index (χ4n) is 1.69. The second-order valence-electron chi connectivity index (χ2n) is 4.96. The second-order valence-corrected chi connectivity index (χ2v) is 5.58. The van der Waals surface area contributed by atoms with Gasteiger partial charge in [-0.1, -0.05) is 0 Å². The standard InChI is InChI=1S/C11H19NO3S/c1-7(2)15-6-11(3,4)12-9(13)5-8(16)10(12)14/h7-8,16H,5-6H2,1-4H3. The van der Waals surface area contributed by atoms with Gasteiger partial charge in [0, 0.05) is 6.42 Å². The van der Waals surface area contributed by atoms with Gasteiger partial charge in [-0.15, -0.1) is 0 Å². The predicted octanol–water partition coefficient (Wildman–Crippen LogP) is 1.25. The minimum atomic E-state index is -0.601. The van der Waals surface area contributed by atoms with Gasteiger partial charge in [-0.05, 0) is 27.7 Å². The van der Waals surface area contributed by atoms with Crippen molar-refractivity contribution in [1.29, 1.82) is 0 Å². The molecule has 5 heteroatoms. The average Bonchev–Trinajstić information content (AvgIpc) is 2.38. The maximum absolute atomic E-state index is 11.8. The van der Waals surface area contributed by atoms with E-state index in [4.69, 9.17) is 4.74 Å². The van der Waals surface area contributed by atoms with Crippen LogP contribution in [0.4, 0.5) is 0 Å². The van der Waals surface area contributed by atoms with E-state index in [9.17, 15) is 9.59 Å². The highest BCUT2D eigenvalue weighted by molar-refractivity contribution is 7.81. The molecule has 0 aromatic carbocycles. The summed E-state index contributed by atoms with van der Waals surface area (Å²) in [5.74, 6) is -0.381. The van der Waals surface area contributed by atoms with Crippen molar-refractivity contribution in [3.8, 4) is 0 Å². The van der Waals surface area contributed by atoms with Crippen molar-refractivity contribution in [2.45, 2.75) is 51.0 Å². The predicted molar refractivity (Wildman–Crippen MR) is 64.4 cm³/mol. The van der Waals surface area contributed by atoms with Crippen LogP contribution in [0.1, 0.15) is 34.1 Å². The molecule has 0 radical (unpaired) electrons. The van der Waals surface area contributed by atoms with Crippen LogP contribution in [0, 0.1) is 0 Å². The molecule has 1 aliphatic heterocycles. The first-order valence-electron chi connectivity index (χ1n) is 5.42. The molecule has 1 aliphatic rings. The van der Waals surface area contributed by atoms with Gasteiger partial charge in [0.05, 0.1) is 23.5 Å². The zero-order chi connectivity index (χ0) is 12.5. The normalized spacial score (nSPS) is 22.4. The van der Waals surface area contributed by atoms with Gasteiger partial charge in [-0.2, -0.15) is 12.6 Å². The largest absolute Gasteiger partial charge is 0.376 e. The highest BCUT2D eigenvalue weighted by atomic mass is 32.1. The van der Waals surface area contributed by atoms with Crippen molar-refractivity contribution >= 4 is 24.4 Å². The van der Waals surface area contributed by atoms with Crippen molar-refractivity contribution < 1.29 is 14.3 Å². The molecule has 1 unspecified atom stereocenters. The molecular formula is C11H19NO3S. The van der Waals surface area contributed by atoms with Crippen LogP contribution in [0.5, 0.6) is 0 Å². The molecule has 1 saturated heterocycles. The Morgan fingerprint density at radius 2 is 2.06 bits per heavy atom. The molecule has 0 aliphatic carbocycles. The fourth-order valence-corrected chi connectivity index (χ4v) is 1.96. The quantitative estimate of drug-likeness (QED) is 0.599. The number of likely N-dealkylation sites (tertiary alicyclic amines) is 1. The summed E-state index contributed by atoms with van der Waals surface area (Å²) in [6, 6.07) is 0. The molecule has 0 aromatic rings. The molecule has 0 N–H and O–H groups in total. The smallest absolute Gasteiger partial charge is 0.243 e. The first-order chi connectivity index (χ1) is 7.25. The summed E-state index contributed by atoms with van der Waals surface area (Å²) in [7, 11) is 0. The zero-order valence-corrected chi connectivity index (χ0v) is 11.1. The van der Waals surface area contributed by atoms with Crippen LogP contribution in [0.15, 0.2) is 0 Å². The molecule has 0 aromatic heterocycles. The summed E-state index contributed by atoms with van der Waals surface area (Å²) < 4.78 is 5.48. The molecule has 0 spiro atoms. The molecule has 2 amide bonds. The Morgan fingerprint density at radius 3 is 2.44 bits per heavy atom. The Balaban J connectivity index is 2.74. The number of rotatable bonds is 4. The van der Waals surface area contributed by atoms with Crippen LogP contribution < -0.4 is 0 Å². The summed E-state index contributed by atoms with van der Waals surface area (Å²) in [5.41, 5.74) is -0.601. The van der Waals surface area contributed by atoms with Gasteiger partial charge in [-0.25, -0.2) is 0 Å². The highest BCUT2D eigenvalue weighted by Crippen LogP contribution is 2.26. The average molecular weight is 245 g/mol. The van der Waals surface area contributed by atoms with E-state index in [0.29, 0.717) is 6.61 Å². The number of imide groups is 1. The van der Waals surface area contributed by atoms with Gasteiger partial charge >= 0.3 is 0 Å². The van der Waals surface area contributed by atoms with Crippen LogP contribution in [-0.4, -0.2) is 40.2 Å². The number of hydrogen-bond acceptors (Lipinski definition) is 4. The molecule has 1 fully saturated rings. The van der Waals surface area contributed by atoms with E-state index in [0.717, 1.165) is 0 Å². The number of amides is 2. The van der Waals surface area contributed by atoms with E-state index < -0.39 is 10.8 Å². The summed E-state index contributed by atoms with van der Waals surface area (Å²) in [4.78, 5) is 24.8. The third-order valence-electron chi connectivity index (χ3n) is 2.50. The van der Waals surface area contributed by atoms with Crippen LogP contribution in [0.25, 0.3) is 0 Å². The Bertz CT molecular complexity index is 302. The van der Waals surface area contributed by atoms with E-state index in [1.54, 1.807) is 0 Å². The molecule has 16 heavy (non-hydrogen) atoms. The van der Waals surface area contributed by atoms with E-state index >= 15 is 0 Å². The molecule has 1 atom stereocenters. The summed E-state index contributed by atoms with van der Waals surface area (Å²) in [5, 5.41) is -0.495. The van der Waals surface area contributed by atoms with Gasteiger partial charge in [0.25, 0.3) is 0 Å². The summed E-state index contributed by atoms with van der Waals surface area (Å²) >= 11 is 4.09. The van der Waals surface area contributed by atoms with Crippen molar-refractivity contribution in [3.63, 3.8) is 0 Å². The van der Waals surface area contributed by atoms with Gasteiger partial charge in [-0.3, -0.25) is 14.5 Å². The van der Waals surface area contributed by atoms with Gasteiger partial charge in [0.15, 0.2) is 0 Å². The number of nitrogens with zero attached hydrogens (tertiary/aromatic N) is 1. The minimum Gasteiger partial charge on any atom is -0.376 e. The van der Waals surface area contributed by atoms with E-state index in [-0.39, 0.29) is 24.3 Å². The van der Waals surface area contributed by atoms with E-state index in [1.165, 1.54) is 4.90 Å². The molecule has 1 rings (SSSR count). The molecule has 0 saturated carbocycles. The number of carbonyl (C=O) groups excluding carboxylic acids is 2. The van der Waals surface area contributed by atoms with Crippen molar-refractivity contribution in [1.82, 2.24) is 4.90 Å². The first-order valence-corrected chi connectivity index (χ1v) is 5.94. The highest BCUT2D eigenvalue weighted by Gasteiger charge is 2.44. The van der Waals surface area contributed by atoms with Gasteiger partial charge < -0.3 is 4.74 Å². The molecule has 0 bridgehead atoms. The maximum Gasteiger partial charge on any atom is 0.243 e. The van der Waals surface area contributed by atoms with E-state index in [2.05, 4.69) is 12.6 Å².